The van der Waals surface area contributed by atoms with E-state index in [0.717, 1.165) is 11.8 Å². The molecule has 0 saturated carbocycles. The molecule has 2 rings (SSSR count). The molecular formula is C23H28I4O9S2V2-2. The summed E-state index contributed by atoms with van der Waals surface area (Å²) in [7, 11) is 2.55. The molecule has 40 heavy (non-hydrogen) atoms. The van der Waals surface area contributed by atoms with Crippen LogP contribution in [0.15, 0.2) is 39.2 Å². The monoisotopic (exact) mass is 1120 g/mol. The Hall–Kier alpha value is 0.779. The molecule has 0 spiro atoms. The summed E-state index contributed by atoms with van der Waals surface area (Å²) in [5.74, 6) is -3.14. The summed E-state index contributed by atoms with van der Waals surface area (Å²) in [6, 6.07) is 3.52. The fraction of sp³-hybridized carbons (Fsp3) is 0.261. The van der Waals surface area contributed by atoms with Gasteiger partial charge in [-0.2, -0.15) is 22.7 Å². The van der Waals surface area contributed by atoms with Crippen LogP contribution < -0.4 is 0 Å². The van der Waals surface area contributed by atoms with Crippen molar-refractivity contribution in [1.29, 1.82) is 0 Å². The molecule has 0 aliphatic rings. The Labute approximate surface area is 321 Å². The topological polar surface area (TPSA) is 144 Å². The third-order valence-electron chi connectivity index (χ3n) is 3.17. The van der Waals surface area contributed by atoms with Crippen LogP contribution in [0, 0.1) is 12.4 Å². The molecular weight excluding hydrogens is 1090 g/mol. The maximum Gasteiger partial charge on any atom is 0.332 e. The summed E-state index contributed by atoms with van der Waals surface area (Å²) in [5.41, 5.74) is 1.37. The molecule has 0 saturated heterocycles. The number of aldehydes is 1. The van der Waals surface area contributed by atoms with Crippen molar-refractivity contribution in [3.8, 4) is 0 Å². The van der Waals surface area contributed by atoms with E-state index in [-0.39, 0.29) is 63.0 Å². The molecule has 2 radical (unpaired) electrons. The van der Waals surface area contributed by atoms with Gasteiger partial charge in [-0.15, -0.1) is 0 Å². The van der Waals surface area contributed by atoms with Crippen molar-refractivity contribution in [3.05, 3.63) is 62.7 Å². The van der Waals surface area contributed by atoms with Crippen LogP contribution in [0.1, 0.15) is 35.2 Å². The molecule has 0 aromatic carbocycles. The molecule has 17 heteroatoms. The van der Waals surface area contributed by atoms with Crippen LogP contribution >= 0.6 is 113 Å². The van der Waals surface area contributed by atoms with Crippen LogP contribution in [0.3, 0.4) is 0 Å². The molecule has 2 heterocycles. The first-order valence-corrected chi connectivity index (χ1v) is 16.6. The van der Waals surface area contributed by atoms with E-state index in [2.05, 4.69) is 82.2 Å². The third-order valence-corrected chi connectivity index (χ3v) is 4.57. The maximum atomic E-state index is 10.6. The number of methoxy groups -OCH3 is 2. The van der Waals surface area contributed by atoms with Gasteiger partial charge >= 0.3 is 23.9 Å². The van der Waals surface area contributed by atoms with Crippen molar-refractivity contribution >= 4 is 149 Å². The SMILES string of the molecule is COC(=O)CCC(=O)OC.IC(I)I.O=C(O)C/C(=C/c1ccsc1)C(=O)O.O=Cc1ccsc1.[CH2-]I.[CH3-].[V].[V]. The van der Waals surface area contributed by atoms with E-state index in [4.69, 9.17) is 10.2 Å². The zero-order valence-corrected chi connectivity index (χ0v) is 34.6. The van der Waals surface area contributed by atoms with Gasteiger partial charge < -0.3 is 49.7 Å². The van der Waals surface area contributed by atoms with Gasteiger partial charge in [0.2, 0.25) is 0 Å². The van der Waals surface area contributed by atoms with E-state index in [1.807, 2.05) is 33.4 Å². The quantitative estimate of drug-likeness (QED) is 0.0683. The van der Waals surface area contributed by atoms with Crippen LogP contribution in [0.5, 0.6) is 0 Å². The molecule has 2 aromatic rings. The first kappa shape index (κ1) is 53.3. The summed E-state index contributed by atoms with van der Waals surface area (Å²) in [5, 5.41) is 24.4. The molecule has 0 aliphatic heterocycles. The predicted octanol–water partition coefficient (Wildman–Crippen LogP) is 7.60. The average Bonchev–Trinajstić information content (AvgIpc) is 3.57. The van der Waals surface area contributed by atoms with Gasteiger partial charge in [0, 0.05) is 53.6 Å². The van der Waals surface area contributed by atoms with Crippen LogP contribution in [0.25, 0.3) is 6.08 Å². The van der Waals surface area contributed by atoms with E-state index in [1.54, 1.807) is 22.9 Å². The van der Waals surface area contributed by atoms with Gasteiger partial charge in [0.15, 0.2) is 6.29 Å². The number of rotatable bonds is 8. The smallest absolute Gasteiger partial charge is 0.332 e. The first-order valence-electron chi connectivity index (χ1n) is 9.44. The Morgan fingerprint density at radius 1 is 0.900 bits per heavy atom. The zero-order valence-electron chi connectivity index (χ0n) is 21.5. The third kappa shape index (κ3) is 38.8. The van der Waals surface area contributed by atoms with E-state index < -0.39 is 30.3 Å². The number of halogens is 4. The molecule has 2 N–H and O–H groups in total. The van der Waals surface area contributed by atoms with E-state index >= 15 is 0 Å². The van der Waals surface area contributed by atoms with Gasteiger partial charge in [-0.1, -0.05) is 67.8 Å². The Morgan fingerprint density at radius 3 is 1.50 bits per heavy atom. The van der Waals surface area contributed by atoms with Crippen molar-refractivity contribution in [2.24, 2.45) is 0 Å². The van der Waals surface area contributed by atoms with Crippen molar-refractivity contribution < 1.29 is 80.8 Å². The van der Waals surface area contributed by atoms with Crippen molar-refractivity contribution in [3.63, 3.8) is 0 Å². The number of carbonyl (C=O) groups is 5. The number of esters is 2. The van der Waals surface area contributed by atoms with Gasteiger partial charge in [0.1, 0.15) is -0.0619 Å². The molecule has 0 fully saturated rings. The number of carbonyl (C=O) groups excluding carboxylic acids is 3. The average molecular weight is 1120 g/mol. The summed E-state index contributed by atoms with van der Waals surface area (Å²) in [6.45, 7) is 0. The summed E-state index contributed by atoms with van der Waals surface area (Å²) < 4.78 is 9.34. The Morgan fingerprint density at radius 2 is 1.27 bits per heavy atom. The molecule has 0 aliphatic carbocycles. The normalized spacial score (nSPS) is 8.65. The van der Waals surface area contributed by atoms with E-state index in [1.165, 1.54) is 43.0 Å². The predicted molar refractivity (Wildman–Crippen MR) is 187 cm³/mol. The first-order chi connectivity index (χ1) is 17.5. The van der Waals surface area contributed by atoms with Crippen LogP contribution in [0.4, 0.5) is 0 Å². The van der Waals surface area contributed by atoms with Crippen molar-refractivity contribution in [2.45, 2.75) is 19.2 Å². The largest absolute Gasteiger partial charge is 0.481 e. The van der Waals surface area contributed by atoms with Gasteiger partial charge in [0.25, 0.3) is 0 Å². The molecule has 0 bridgehead atoms. The van der Waals surface area contributed by atoms with Crippen LogP contribution in [0.2, 0.25) is 0 Å². The van der Waals surface area contributed by atoms with Gasteiger partial charge in [-0.25, -0.2) is 4.79 Å². The van der Waals surface area contributed by atoms with Gasteiger partial charge in [-0.05, 0) is 39.9 Å². The fourth-order valence-electron chi connectivity index (χ4n) is 1.66. The molecule has 2 aromatic heterocycles. The maximum absolute atomic E-state index is 10.6. The number of thiophene rings is 2. The van der Waals surface area contributed by atoms with Crippen molar-refractivity contribution in [1.82, 2.24) is 0 Å². The summed E-state index contributed by atoms with van der Waals surface area (Å²) in [6.07, 6.45) is 1.92. The van der Waals surface area contributed by atoms with Gasteiger partial charge in [-0.3, -0.25) is 24.1 Å². The fourth-order valence-corrected chi connectivity index (χ4v) is 2.88. The standard InChI is InChI=1S/C9H8O4S.C6H10O4.C5H4OS.CHI3.CH2I.CH3.2V/c10-8(11)4-7(9(12)13)3-6-1-2-14-5-6;1-9-5(7)3-4-6(8)10-2;6-3-5-1-2-7-4-5;2-1(3)4;1-2;;;/h1-3,5H,4H2,(H,10,11)(H,12,13);3-4H2,1-2H3;1-4H;1H;1H2;1H3;;/q;;;;2*-1;;/b7-3-;;;;;;;. The molecule has 0 atom stereocenters. The van der Waals surface area contributed by atoms with Crippen LogP contribution in [-0.2, 0) is 65.8 Å². The minimum Gasteiger partial charge on any atom is -0.481 e. The van der Waals surface area contributed by atoms with E-state index in [9.17, 15) is 24.0 Å². The van der Waals surface area contributed by atoms with E-state index in [0.29, 0.717) is 5.56 Å². The Bertz CT molecular complexity index is 910. The Kier molecular flexibility index (Phi) is 50.4. The van der Waals surface area contributed by atoms with Crippen LogP contribution in [-0.4, -0.2) is 54.5 Å². The summed E-state index contributed by atoms with van der Waals surface area (Å²) in [4.78, 5) is 54.9. The number of aliphatic carboxylic acids is 2. The second-order valence-electron chi connectivity index (χ2n) is 5.68. The van der Waals surface area contributed by atoms with Gasteiger partial charge in [0.05, 0.1) is 33.5 Å². The van der Waals surface area contributed by atoms with Crippen molar-refractivity contribution in [2.75, 3.05) is 14.2 Å². The number of hydrogen-bond acceptors (Lipinski definition) is 9. The Balaban J connectivity index is -0.0000000986. The number of carboxylic acid groups (broad SMARTS) is 2. The minimum absolute atomic E-state index is 0. The number of ether oxygens (including phenoxy) is 2. The second-order valence-corrected chi connectivity index (χ2v) is 18.1. The molecule has 0 amide bonds. The minimum atomic E-state index is -1.20. The number of hydrogen-bond donors (Lipinski definition) is 2. The summed E-state index contributed by atoms with van der Waals surface area (Å²) >= 11 is 11.8. The molecule has 9 nitrogen and oxygen atoms in total. The second kappa shape index (κ2) is 37.8. The molecule has 226 valence electrons. The number of alkyl halides is 3. The number of carboxylic acids is 2. The molecule has 0 unspecified atom stereocenters. The zero-order chi connectivity index (χ0) is 29.2.